The summed E-state index contributed by atoms with van der Waals surface area (Å²) in [5, 5.41) is 17.7. The van der Waals surface area contributed by atoms with Gasteiger partial charge in [-0.15, -0.1) is 0 Å². The second kappa shape index (κ2) is 8.01. The number of aliphatic hydroxyl groups is 1. The number of para-hydroxylation sites is 1. The van der Waals surface area contributed by atoms with Crippen LogP contribution in [-0.2, 0) is 4.79 Å². The molecule has 0 bridgehead atoms. The van der Waals surface area contributed by atoms with Gasteiger partial charge in [-0.3, -0.25) is 9.80 Å². The lowest BCUT2D eigenvalue weighted by Crippen LogP contribution is -2.50. The number of carbonyl (C=O) groups is 1. The van der Waals surface area contributed by atoms with E-state index in [4.69, 9.17) is 0 Å². The van der Waals surface area contributed by atoms with Crippen molar-refractivity contribution < 1.29 is 9.90 Å². The van der Waals surface area contributed by atoms with Gasteiger partial charge in [-0.2, -0.15) is 5.10 Å². The molecule has 1 saturated carbocycles. The van der Waals surface area contributed by atoms with Gasteiger partial charge in [0.2, 0.25) is 5.91 Å². The van der Waals surface area contributed by atoms with Gasteiger partial charge in [0.05, 0.1) is 17.3 Å². The first-order valence-corrected chi connectivity index (χ1v) is 10.5. The molecule has 2 fully saturated rings. The molecule has 2 heterocycles. The third-order valence-corrected chi connectivity index (χ3v) is 6.53. The Morgan fingerprint density at radius 1 is 1.11 bits per heavy atom. The molecule has 1 aliphatic carbocycles. The molecular weight excluding hydrogens is 338 g/mol. The standard InChI is InChI=1S/C22H31N3O2/c26-21(18-7-3-1-4-8-18)24-15-12-22(27,13-16-24)17-20-11-14-23-25(20)19-9-5-2-6-10-19/h2,5-6,9-10,14,18,20,27H,1,3-4,7-8,11-13,15-17H2. The van der Waals surface area contributed by atoms with E-state index in [0.29, 0.717) is 38.3 Å². The first kappa shape index (κ1) is 18.5. The Hall–Kier alpha value is -1.88. The van der Waals surface area contributed by atoms with Gasteiger partial charge in [0.1, 0.15) is 0 Å². The molecule has 1 atom stereocenters. The molecule has 1 saturated heterocycles. The van der Waals surface area contributed by atoms with Crippen molar-refractivity contribution in [3.05, 3.63) is 30.3 Å². The van der Waals surface area contributed by atoms with Crippen molar-refractivity contribution in [2.24, 2.45) is 11.0 Å². The van der Waals surface area contributed by atoms with Gasteiger partial charge in [0, 0.05) is 31.6 Å². The summed E-state index contributed by atoms with van der Waals surface area (Å²) in [4.78, 5) is 14.8. The van der Waals surface area contributed by atoms with E-state index in [2.05, 4.69) is 17.2 Å². The molecule has 5 nitrogen and oxygen atoms in total. The molecule has 5 heteroatoms. The monoisotopic (exact) mass is 369 g/mol. The number of carbonyl (C=O) groups excluding carboxylic acids is 1. The molecule has 1 amide bonds. The van der Waals surface area contributed by atoms with Crippen LogP contribution in [0.1, 0.15) is 57.8 Å². The molecule has 1 aromatic rings. The Morgan fingerprint density at radius 2 is 1.81 bits per heavy atom. The van der Waals surface area contributed by atoms with Gasteiger partial charge in [-0.05, 0) is 44.2 Å². The van der Waals surface area contributed by atoms with Crippen LogP contribution in [0.5, 0.6) is 0 Å². The Bertz CT molecular complexity index is 661. The van der Waals surface area contributed by atoms with Crippen molar-refractivity contribution in [1.29, 1.82) is 0 Å². The van der Waals surface area contributed by atoms with E-state index in [0.717, 1.165) is 24.9 Å². The fourth-order valence-corrected chi connectivity index (χ4v) is 4.87. The normalized spacial score (nSPS) is 25.7. The van der Waals surface area contributed by atoms with E-state index in [1.807, 2.05) is 34.3 Å². The van der Waals surface area contributed by atoms with Crippen molar-refractivity contribution in [2.45, 2.75) is 69.4 Å². The van der Waals surface area contributed by atoms with Gasteiger partial charge in [-0.25, -0.2) is 0 Å². The summed E-state index contributed by atoms with van der Waals surface area (Å²) in [5.41, 5.74) is 0.374. The molecule has 146 valence electrons. The molecule has 2 aliphatic heterocycles. The van der Waals surface area contributed by atoms with E-state index >= 15 is 0 Å². The highest BCUT2D eigenvalue weighted by Gasteiger charge is 2.39. The number of hydrogen-bond donors (Lipinski definition) is 1. The molecule has 0 spiro atoms. The fourth-order valence-electron chi connectivity index (χ4n) is 4.87. The molecule has 4 rings (SSSR count). The zero-order valence-electron chi connectivity index (χ0n) is 16.1. The second-order valence-corrected chi connectivity index (χ2v) is 8.46. The van der Waals surface area contributed by atoms with E-state index in [-0.39, 0.29) is 12.0 Å². The summed E-state index contributed by atoms with van der Waals surface area (Å²) in [7, 11) is 0. The average molecular weight is 370 g/mol. The van der Waals surface area contributed by atoms with Crippen LogP contribution in [-0.4, -0.2) is 46.9 Å². The lowest BCUT2D eigenvalue weighted by molar-refractivity contribution is -0.141. The first-order chi connectivity index (χ1) is 13.1. The first-order valence-electron chi connectivity index (χ1n) is 10.5. The fraction of sp³-hybridized carbons (Fsp3) is 0.636. The molecule has 27 heavy (non-hydrogen) atoms. The third-order valence-electron chi connectivity index (χ3n) is 6.53. The van der Waals surface area contributed by atoms with Crippen molar-refractivity contribution >= 4 is 17.8 Å². The maximum absolute atomic E-state index is 12.8. The van der Waals surface area contributed by atoms with Crippen LogP contribution >= 0.6 is 0 Å². The molecule has 3 aliphatic rings. The topological polar surface area (TPSA) is 56.1 Å². The zero-order chi connectivity index (χ0) is 18.7. The molecule has 1 N–H and O–H groups in total. The molecule has 0 aromatic heterocycles. The Labute approximate surface area is 162 Å². The number of amides is 1. The number of anilines is 1. The summed E-state index contributed by atoms with van der Waals surface area (Å²) in [6, 6.07) is 10.4. The van der Waals surface area contributed by atoms with Gasteiger partial charge >= 0.3 is 0 Å². The zero-order valence-corrected chi connectivity index (χ0v) is 16.1. The van der Waals surface area contributed by atoms with Crippen LogP contribution in [0.2, 0.25) is 0 Å². The number of benzene rings is 1. The van der Waals surface area contributed by atoms with Crippen LogP contribution in [0.4, 0.5) is 5.69 Å². The third kappa shape index (κ3) is 4.18. The minimum Gasteiger partial charge on any atom is -0.390 e. The smallest absolute Gasteiger partial charge is 0.225 e. The quantitative estimate of drug-likeness (QED) is 0.883. The number of nitrogens with zero attached hydrogens (tertiary/aromatic N) is 3. The number of piperidine rings is 1. The maximum atomic E-state index is 12.8. The van der Waals surface area contributed by atoms with Crippen molar-refractivity contribution in [1.82, 2.24) is 4.90 Å². The van der Waals surface area contributed by atoms with E-state index in [1.54, 1.807) is 0 Å². The highest BCUT2D eigenvalue weighted by molar-refractivity contribution is 5.79. The van der Waals surface area contributed by atoms with Crippen molar-refractivity contribution in [3.8, 4) is 0 Å². The molecule has 1 unspecified atom stereocenters. The lowest BCUT2D eigenvalue weighted by atomic mass is 9.83. The van der Waals surface area contributed by atoms with E-state index in [1.165, 1.54) is 19.3 Å². The number of hydrogen-bond acceptors (Lipinski definition) is 4. The SMILES string of the molecule is O=C(C1CCCCC1)N1CCC(O)(CC2CC=NN2c2ccccc2)CC1. The second-order valence-electron chi connectivity index (χ2n) is 8.46. The van der Waals surface area contributed by atoms with Crippen LogP contribution in [0.15, 0.2) is 35.4 Å². The maximum Gasteiger partial charge on any atom is 0.225 e. The highest BCUT2D eigenvalue weighted by Crippen LogP contribution is 2.34. The molecule has 1 aromatic carbocycles. The number of rotatable bonds is 4. The predicted molar refractivity (Wildman–Crippen MR) is 108 cm³/mol. The molecular formula is C22H31N3O2. The van der Waals surface area contributed by atoms with Gasteiger partial charge in [0.25, 0.3) is 0 Å². The Morgan fingerprint density at radius 3 is 2.52 bits per heavy atom. The number of likely N-dealkylation sites (tertiary alicyclic amines) is 1. The van der Waals surface area contributed by atoms with Crippen molar-refractivity contribution in [2.75, 3.05) is 18.1 Å². The van der Waals surface area contributed by atoms with Crippen LogP contribution in [0.3, 0.4) is 0 Å². The Kier molecular flexibility index (Phi) is 5.48. The largest absolute Gasteiger partial charge is 0.390 e. The average Bonchev–Trinajstić information content (AvgIpc) is 3.17. The molecule has 0 radical (unpaired) electrons. The minimum absolute atomic E-state index is 0.193. The summed E-state index contributed by atoms with van der Waals surface area (Å²) in [5.74, 6) is 0.550. The van der Waals surface area contributed by atoms with Crippen molar-refractivity contribution in [3.63, 3.8) is 0 Å². The van der Waals surface area contributed by atoms with Gasteiger partial charge in [0.15, 0.2) is 0 Å². The van der Waals surface area contributed by atoms with Crippen LogP contribution < -0.4 is 5.01 Å². The number of hydrazone groups is 1. The van der Waals surface area contributed by atoms with Crippen LogP contribution in [0.25, 0.3) is 0 Å². The summed E-state index contributed by atoms with van der Waals surface area (Å²) < 4.78 is 0. The summed E-state index contributed by atoms with van der Waals surface area (Å²) >= 11 is 0. The van der Waals surface area contributed by atoms with Crippen LogP contribution in [0, 0.1) is 5.92 Å². The predicted octanol–water partition coefficient (Wildman–Crippen LogP) is 3.58. The lowest BCUT2D eigenvalue weighted by Gasteiger charge is -2.41. The van der Waals surface area contributed by atoms with E-state index < -0.39 is 5.60 Å². The van der Waals surface area contributed by atoms with Gasteiger partial charge in [-0.1, -0.05) is 37.5 Å². The summed E-state index contributed by atoms with van der Waals surface area (Å²) in [6.07, 6.45) is 10.6. The summed E-state index contributed by atoms with van der Waals surface area (Å²) in [6.45, 7) is 1.37. The Balaban J connectivity index is 1.33. The minimum atomic E-state index is -0.700. The van der Waals surface area contributed by atoms with E-state index in [9.17, 15) is 9.90 Å². The highest BCUT2D eigenvalue weighted by atomic mass is 16.3. The van der Waals surface area contributed by atoms with Gasteiger partial charge < -0.3 is 10.0 Å².